The number of rotatable bonds is 4. The van der Waals surface area contributed by atoms with Crippen molar-refractivity contribution in [3.8, 4) is 5.75 Å². The Morgan fingerprint density at radius 1 is 1.20 bits per heavy atom. The molecular formula is C14H11Cl2NO3. The predicted octanol–water partition coefficient (Wildman–Crippen LogP) is 3.69. The molecule has 20 heavy (non-hydrogen) atoms. The number of benzene rings is 2. The maximum absolute atomic E-state index is 11.5. The molecule has 0 aliphatic heterocycles. The molecule has 2 aromatic rings. The third-order valence-electron chi connectivity index (χ3n) is 2.63. The smallest absolute Gasteiger partial charge is 0.278 e. The van der Waals surface area contributed by atoms with Gasteiger partial charge in [-0.25, -0.2) is 5.48 Å². The summed E-state index contributed by atoms with van der Waals surface area (Å²) in [5.74, 6) is -0.284. The standard InChI is InChI=1S/C14H11Cl2NO3/c15-10-6-5-9(12(16)7-10)8-20-13-4-2-1-3-11(13)14(18)17-19/h1-7,19H,8H2,(H,17,18). The summed E-state index contributed by atoms with van der Waals surface area (Å²) in [5, 5.41) is 9.71. The average Bonchev–Trinajstić information content (AvgIpc) is 2.46. The molecule has 0 bridgehead atoms. The van der Waals surface area contributed by atoms with Gasteiger partial charge in [-0.2, -0.15) is 0 Å². The topological polar surface area (TPSA) is 58.6 Å². The van der Waals surface area contributed by atoms with Gasteiger partial charge in [0.1, 0.15) is 12.4 Å². The number of hydrogen-bond acceptors (Lipinski definition) is 3. The van der Waals surface area contributed by atoms with Gasteiger partial charge in [0.25, 0.3) is 5.91 Å². The summed E-state index contributed by atoms with van der Waals surface area (Å²) in [6.45, 7) is 0.186. The number of para-hydroxylation sites is 1. The molecule has 0 heterocycles. The van der Waals surface area contributed by atoms with Gasteiger partial charge >= 0.3 is 0 Å². The fraction of sp³-hybridized carbons (Fsp3) is 0.0714. The lowest BCUT2D eigenvalue weighted by Gasteiger charge is -2.11. The first kappa shape index (κ1) is 14.7. The molecule has 0 saturated heterocycles. The Bertz CT molecular complexity index is 632. The molecule has 0 fully saturated rings. The van der Waals surface area contributed by atoms with E-state index in [0.717, 1.165) is 5.56 Å². The van der Waals surface area contributed by atoms with Crippen LogP contribution in [-0.4, -0.2) is 11.1 Å². The maximum Gasteiger partial charge on any atom is 0.278 e. The van der Waals surface area contributed by atoms with E-state index in [1.54, 1.807) is 47.9 Å². The average molecular weight is 312 g/mol. The van der Waals surface area contributed by atoms with E-state index in [0.29, 0.717) is 15.8 Å². The van der Waals surface area contributed by atoms with E-state index >= 15 is 0 Å². The summed E-state index contributed by atoms with van der Waals surface area (Å²) in [6, 6.07) is 11.7. The van der Waals surface area contributed by atoms with Crippen LogP contribution in [0.3, 0.4) is 0 Å². The second-order valence-corrected chi connectivity index (χ2v) is 4.81. The van der Waals surface area contributed by atoms with Crippen LogP contribution < -0.4 is 10.2 Å². The second-order valence-electron chi connectivity index (χ2n) is 3.96. The first-order valence-corrected chi connectivity index (χ1v) is 6.47. The van der Waals surface area contributed by atoms with E-state index in [2.05, 4.69) is 0 Å². The van der Waals surface area contributed by atoms with E-state index in [4.69, 9.17) is 33.1 Å². The highest BCUT2D eigenvalue weighted by Crippen LogP contribution is 2.24. The molecule has 1 amide bonds. The van der Waals surface area contributed by atoms with Crippen LogP contribution in [0.2, 0.25) is 10.0 Å². The van der Waals surface area contributed by atoms with Crippen LogP contribution in [0.5, 0.6) is 5.75 Å². The SMILES string of the molecule is O=C(NO)c1ccccc1OCc1ccc(Cl)cc1Cl. The predicted molar refractivity (Wildman–Crippen MR) is 76.5 cm³/mol. The third kappa shape index (κ3) is 3.42. The van der Waals surface area contributed by atoms with Crippen molar-refractivity contribution in [3.05, 3.63) is 63.6 Å². The zero-order valence-electron chi connectivity index (χ0n) is 10.3. The number of hydrogen-bond donors (Lipinski definition) is 2. The molecule has 2 rings (SSSR count). The third-order valence-corrected chi connectivity index (χ3v) is 3.22. The van der Waals surface area contributed by atoms with Crippen LogP contribution in [0.4, 0.5) is 0 Å². The van der Waals surface area contributed by atoms with Crippen molar-refractivity contribution < 1.29 is 14.7 Å². The number of carbonyl (C=O) groups is 1. The fourth-order valence-corrected chi connectivity index (χ4v) is 2.10. The minimum absolute atomic E-state index is 0.186. The highest BCUT2D eigenvalue weighted by atomic mass is 35.5. The Balaban J connectivity index is 2.17. The molecule has 104 valence electrons. The van der Waals surface area contributed by atoms with Gasteiger partial charge in [-0.05, 0) is 24.3 Å². The van der Waals surface area contributed by atoms with Gasteiger partial charge in [-0.1, -0.05) is 41.4 Å². The van der Waals surface area contributed by atoms with Gasteiger partial charge in [0.2, 0.25) is 0 Å². The van der Waals surface area contributed by atoms with Crippen molar-refractivity contribution in [3.63, 3.8) is 0 Å². The Morgan fingerprint density at radius 3 is 2.65 bits per heavy atom. The highest BCUT2D eigenvalue weighted by molar-refractivity contribution is 6.35. The Labute approximate surface area is 125 Å². The molecule has 6 heteroatoms. The first-order valence-electron chi connectivity index (χ1n) is 5.72. The summed E-state index contributed by atoms with van der Waals surface area (Å²) < 4.78 is 5.57. The van der Waals surface area contributed by atoms with Gasteiger partial charge in [0, 0.05) is 15.6 Å². The zero-order chi connectivity index (χ0) is 14.5. The lowest BCUT2D eigenvalue weighted by atomic mass is 10.2. The van der Waals surface area contributed by atoms with Crippen LogP contribution in [0.25, 0.3) is 0 Å². The molecule has 0 unspecified atom stereocenters. The van der Waals surface area contributed by atoms with Crippen LogP contribution in [-0.2, 0) is 6.61 Å². The monoisotopic (exact) mass is 311 g/mol. The highest BCUT2D eigenvalue weighted by Gasteiger charge is 2.11. The molecule has 0 saturated carbocycles. The van der Waals surface area contributed by atoms with Gasteiger partial charge in [0.05, 0.1) is 5.56 Å². The summed E-state index contributed by atoms with van der Waals surface area (Å²) in [4.78, 5) is 11.5. The number of carbonyl (C=O) groups excluding carboxylic acids is 1. The van der Waals surface area contributed by atoms with Crippen molar-refractivity contribution >= 4 is 29.1 Å². The Hall–Kier alpha value is -1.75. The van der Waals surface area contributed by atoms with Gasteiger partial charge in [-0.15, -0.1) is 0 Å². The molecule has 0 radical (unpaired) electrons. The Kier molecular flexibility index (Phi) is 4.84. The van der Waals surface area contributed by atoms with Crippen molar-refractivity contribution in [2.75, 3.05) is 0 Å². The minimum Gasteiger partial charge on any atom is -0.488 e. The quantitative estimate of drug-likeness (QED) is 0.668. The van der Waals surface area contributed by atoms with Gasteiger partial charge in [-0.3, -0.25) is 10.0 Å². The van der Waals surface area contributed by atoms with Crippen molar-refractivity contribution in [1.29, 1.82) is 0 Å². The largest absolute Gasteiger partial charge is 0.488 e. The number of nitrogens with one attached hydrogen (secondary N) is 1. The summed E-state index contributed by atoms with van der Waals surface area (Å²) >= 11 is 11.9. The van der Waals surface area contributed by atoms with Crippen molar-refractivity contribution in [2.45, 2.75) is 6.61 Å². The first-order chi connectivity index (χ1) is 9.61. The molecule has 0 atom stereocenters. The van der Waals surface area contributed by atoms with E-state index < -0.39 is 5.91 Å². The van der Waals surface area contributed by atoms with Crippen molar-refractivity contribution in [2.24, 2.45) is 0 Å². The summed E-state index contributed by atoms with van der Waals surface area (Å²) in [6.07, 6.45) is 0. The molecule has 2 aromatic carbocycles. The van der Waals surface area contributed by atoms with E-state index in [1.165, 1.54) is 0 Å². The molecule has 0 aliphatic rings. The minimum atomic E-state index is -0.636. The molecular weight excluding hydrogens is 301 g/mol. The Morgan fingerprint density at radius 2 is 1.95 bits per heavy atom. The van der Waals surface area contributed by atoms with Crippen LogP contribution in [0.15, 0.2) is 42.5 Å². The summed E-state index contributed by atoms with van der Waals surface area (Å²) in [5.41, 5.74) is 2.56. The molecule has 4 nitrogen and oxygen atoms in total. The van der Waals surface area contributed by atoms with Crippen LogP contribution >= 0.6 is 23.2 Å². The maximum atomic E-state index is 11.5. The van der Waals surface area contributed by atoms with E-state index in [-0.39, 0.29) is 12.2 Å². The fourth-order valence-electron chi connectivity index (χ4n) is 1.63. The zero-order valence-corrected chi connectivity index (χ0v) is 11.8. The number of ether oxygens (including phenoxy) is 1. The van der Waals surface area contributed by atoms with Crippen LogP contribution in [0, 0.1) is 0 Å². The van der Waals surface area contributed by atoms with E-state index in [1.807, 2.05) is 0 Å². The lowest BCUT2D eigenvalue weighted by molar-refractivity contribution is 0.0701. The van der Waals surface area contributed by atoms with Gasteiger partial charge in [0.15, 0.2) is 0 Å². The molecule has 0 aliphatic carbocycles. The number of halogens is 2. The van der Waals surface area contributed by atoms with Crippen molar-refractivity contribution in [1.82, 2.24) is 5.48 Å². The lowest BCUT2D eigenvalue weighted by Crippen LogP contribution is -2.19. The number of hydroxylamine groups is 1. The van der Waals surface area contributed by atoms with Crippen LogP contribution in [0.1, 0.15) is 15.9 Å². The summed E-state index contributed by atoms with van der Waals surface area (Å²) in [7, 11) is 0. The number of amides is 1. The second kappa shape index (κ2) is 6.61. The molecule has 0 aromatic heterocycles. The molecule has 2 N–H and O–H groups in total. The van der Waals surface area contributed by atoms with Gasteiger partial charge < -0.3 is 4.74 Å². The van der Waals surface area contributed by atoms with E-state index in [9.17, 15) is 4.79 Å². The molecule has 0 spiro atoms. The normalized spacial score (nSPS) is 10.2.